The number of carbonyl (C=O) groups excluding carboxylic acids is 1. The number of fused-ring (bicyclic) bond motifs is 1. The van der Waals surface area contributed by atoms with Crippen LogP contribution in [0.5, 0.6) is 0 Å². The van der Waals surface area contributed by atoms with E-state index in [9.17, 15) is 18.0 Å². The number of anilines is 1. The van der Waals surface area contributed by atoms with Crippen LogP contribution >= 0.6 is 0 Å². The Morgan fingerprint density at radius 3 is 2.59 bits per heavy atom. The van der Waals surface area contributed by atoms with Crippen LogP contribution in [0.25, 0.3) is 10.9 Å². The number of nitrogens with zero attached hydrogens (tertiary/aromatic N) is 2. The first-order chi connectivity index (χ1) is 12.7. The number of hydrogen-bond acceptors (Lipinski definition) is 2. The lowest BCUT2D eigenvalue weighted by Crippen LogP contribution is -2.17. The van der Waals surface area contributed by atoms with Crippen LogP contribution < -0.4 is 5.32 Å². The molecular formula is C20H20F3N3O. The maximum atomic E-state index is 12.8. The lowest BCUT2D eigenvalue weighted by molar-refractivity contribution is -0.137. The molecule has 27 heavy (non-hydrogen) atoms. The van der Waals surface area contributed by atoms with E-state index < -0.39 is 17.6 Å². The van der Waals surface area contributed by atoms with Crippen LogP contribution in [-0.2, 0) is 12.7 Å². The van der Waals surface area contributed by atoms with Crippen LogP contribution in [0.3, 0.4) is 0 Å². The van der Waals surface area contributed by atoms with E-state index in [-0.39, 0.29) is 5.56 Å². The number of rotatable bonds is 5. The van der Waals surface area contributed by atoms with Gasteiger partial charge >= 0.3 is 6.18 Å². The van der Waals surface area contributed by atoms with E-state index in [1.54, 1.807) is 6.07 Å². The molecule has 1 heterocycles. The van der Waals surface area contributed by atoms with E-state index in [0.717, 1.165) is 36.1 Å². The second-order valence-electron chi connectivity index (χ2n) is 6.62. The molecule has 0 atom stereocenters. The van der Waals surface area contributed by atoms with Crippen molar-refractivity contribution in [3.05, 3.63) is 65.9 Å². The highest BCUT2D eigenvalue weighted by Gasteiger charge is 2.30. The van der Waals surface area contributed by atoms with Crippen molar-refractivity contribution >= 4 is 22.5 Å². The van der Waals surface area contributed by atoms with Gasteiger partial charge in [-0.3, -0.25) is 4.79 Å². The van der Waals surface area contributed by atoms with Gasteiger partial charge in [-0.25, -0.2) is 0 Å². The molecule has 3 aromatic rings. The summed E-state index contributed by atoms with van der Waals surface area (Å²) in [4.78, 5) is 14.4. The van der Waals surface area contributed by atoms with E-state index in [1.807, 2.05) is 38.5 Å². The van der Waals surface area contributed by atoms with Gasteiger partial charge in [-0.1, -0.05) is 6.07 Å². The zero-order valence-electron chi connectivity index (χ0n) is 15.0. The Labute approximate surface area is 155 Å². The molecule has 0 saturated heterocycles. The fourth-order valence-electron chi connectivity index (χ4n) is 2.82. The molecule has 0 bridgehead atoms. The maximum Gasteiger partial charge on any atom is 0.416 e. The summed E-state index contributed by atoms with van der Waals surface area (Å²) in [6.07, 6.45) is -2.50. The summed E-state index contributed by atoms with van der Waals surface area (Å²) in [5.74, 6) is -0.576. The van der Waals surface area contributed by atoms with Crippen molar-refractivity contribution in [2.24, 2.45) is 0 Å². The van der Waals surface area contributed by atoms with Gasteiger partial charge in [0.05, 0.1) is 5.56 Å². The van der Waals surface area contributed by atoms with Crippen molar-refractivity contribution < 1.29 is 18.0 Å². The predicted octanol–water partition coefficient (Wildman–Crippen LogP) is 4.47. The van der Waals surface area contributed by atoms with Crippen LogP contribution in [-0.4, -0.2) is 36.0 Å². The van der Waals surface area contributed by atoms with E-state index in [0.29, 0.717) is 5.69 Å². The molecule has 2 aromatic carbocycles. The molecule has 1 aromatic heterocycles. The molecule has 1 N–H and O–H groups in total. The Balaban J connectivity index is 1.78. The van der Waals surface area contributed by atoms with Gasteiger partial charge in [0.2, 0.25) is 0 Å². The van der Waals surface area contributed by atoms with Crippen LogP contribution in [0.15, 0.2) is 54.7 Å². The van der Waals surface area contributed by atoms with Crippen molar-refractivity contribution in [2.75, 3.05) is 26.0 Å². The largest absolute Gasteiger partial charge is 0.416 e. The standard InChI is InChI=1S/C20H20F3N3O/c1-25(2)10-11-26-9-8-14-13-17(6-7-18(14)26)24-19(27)15-4-3-5-16(12-15)20(21,22)23/h3-9,12-13H,10-11H2,1-2H3,(H,24,27). The average molecular weight is 375 g/mol. The minimum atomic E-state index is -4.48. The number of alkyl halides is 3. The fourth-order valence-corrected chi connectivity index (χ4v) is 2.82. The first kappa shape index (κ1) is 19.0. The summed E-state index contributed by atoms with van der Waals surface area (Å²) in [5, 5.41) is 3.62. The molecule has 1 amide bonds. The Kier molecular flexibility index (Phi) is 5.23. The topological polar surface area (TPSA) is 37.3 Å². The monoisotopic (exact) mass is 375 g/mol. The highest BCUT2D eigenvalue weighted by Crippen LogP contribution is 2.29. The maximum absolute atomic E-state index is 12.8. The molecule has 0 spiro atoms. The van der Waals surface area contributed by atoms with Gasteiger partial charge < -0.3 is 14.8 Å². The summed E-state index contributed by atoms with van der Waals surface area (Å²) < 4.78 is 40.6. The van der Waals surface area contributed by atoms with Gasteiger partial charge in [0.15, 0.2) is 0 Å². The molecule has 0 aliphatic carbocycles. The van der Waals surface area contributed by atoms with Crippen molar-refractivity contribution in [1.29, 1.82) is 0 Å². The SMILES string of the molecule is CN(C)CCn1ccc2cc(NC(=O)c3cccc(C(F)(F)F)c3)ccc21. The highest BCUT2D eigenvalue weighted by atomic mass is 19.4. The highest BCUT2D eigenvalue weighted by molar-refractivity contribution is 6.05. The van der Waals surface area contributed by atoms with E-state index in [4.69, 9.17) is 0 Å². The zero-order valence-corrected chi connectivity index (χ0v) is 15.0. The minimum Gasteiger partial charge on any atom is -0.346 e. The van der Waals surface area contributed by atoms with Crippen LogP contribution in [0.2, 0.25) is 0 Å². The predicted molar refractivity (Wildman–Crippen MR) is 99.9 cm³/mol. The summed E-state index contributed by atoms with van der Waals surface area (Å²) in [7, 11) is 4.01. The third-order valence-electron chi connectivity index (χ3n) is 4.27. The number of amides is 1. The Morgan fingerprint density at radius 1 is 1.11 bits per heavy atom. The van der Waals surface area contributed by atoms with Crippen molar-refractivity contribution in [2.45, 2.75) is 12.7 Å². The molecule has 0 radical (unpaired) electrons. The van der Waals surface area contributed by atoms with Gasteiger partial charge in [0.25, 0.3) is 5.91 Å². The number of carbonyl (C=O) groups is 1. The number of likely N-dealkylation sites (N-methyl/N-ethyl adjacent to an activating group) is 1. The van der Waals surface area contributed by atoms with Gasteiger partial charge in [-0.15, -0.1) is 0 Å². The number of aromatic nitrogens is 1. The quantitative estimate of drug-likeness (QED) is 0.714. The Morgan fingerprint density at radius 2 is 1.89 bits per heavy atom. The number of nitrogens with one attached hydrogen (secondary N) is 1. The minimum absolute atomic E-state index is 0.0338. The molecule has 0 aliphatic heterocycles. The summed E-state index contributed by atoms with van der Waals surface area (Å²) >= 11 is 0. The second kappa shape index (κ2) is 7.44. The summed E-state index contributed by atoms with van der Waals surface area (Å²) in [6.45, 7) is 1.74. The Hall–Kier alpha value is -2.80. The van der Waals surface area contributed by atoms with E-state index >= 15 is 0 Å². The number of halogens is 3. The lowest BCUT2D eigenvalue weighted by Gasteiger charge is -2.12. The molecule has 0 aliphatic rings. The Bertz CT molecular complexity index is 961. The summed E-state index contributed by atoms with van der Waals surface area (Å²) in [5.41, 5.74) is 0.696. The molecule has 0 fully saturated rings. The van der Waals surface area contributed by atoms with Gasteiger partial charge in [-0.05, 0) is 56.6 Å². The van der Waals surface area contributed by atoms with Crippen LogP contribution in [0.1, 0.15) is 15.9 Å². The van der Waals surface area contributed by atoms with Crippen molar-refractivity contribution in [3.8, 4) is 0 Å². The van der Waals surface area contributed by atoms with Crippen molar-refractivity contribution in [3.63, 3.8) is 0 Å². The first-order valence-electron chi connectivity index (χ1n) is 8.46. The van der Waals surface area contributed by atoms with Crippen molar-refractivity contribution in [1.82, 2.24) is 9.47 Å². The van der Waals surface area contributed by atoms with Gasteiger partial charge in [-0.2, -0.15) is 13.2 Å². The van der Waals surface area contributed by atoms with Gasteiger partial charge in [0.1, 0.15) is 0 Å². The summed E-state index contributed by atoms with van der Waals surface area (Å²) in [6, 6.07) is 11.8. The molecule has 3 rings (SSSR count). The second-order valence-corrected chi connectivity index (χ2v) is 6.62. The average Bonchev–Trinajstić information content (AvgIpc) is 3.01. The fraction of sp³-hybridized carbons (Fsp3) is 0.250. The third kappa shape index (κ3) is 4.49. The lowest BCUT2D eigenvalue weighted by atomic mass is 10.1. The molecule has 142 valence electrons. The molecule has 4 nitrogen and oxygen atoms in total. The third-order valence-corrected chi connectivity index (χ3v) is 4.27. The van der Waals surface area contributed by atoms with E-state index in [1.165, 1.54) is 12.1 Å². The smallest absolute Gasteiger partial charge is 0.346 e. The number of hydrogen-bond donors (Lipinski definition) is 1. The normalized spacial score (nSPS) is 11.9. The molecule has 7 heteroatoms. The first-order valence-corrected chi connectivity index (χ1v) is 8.46. The number of benzene rings is 2. The van der Waals surface area contributed by atoms with Crippen LogP contribution in [0.4, 0.5) is 18.9 Å². The van der Waals surface area contributed by atoms with Crippen LogP contribution in [0, 0.1) is 0 Å². The molecule has 0 unspecified atom stereocenters. The zero-order chi connectivity index (χ0) is 19.6. The van der Waals surface area contributed by atoms with E-state index in [2.05, 4.69) is 14.8 Å². The van der Waals surface area contributed by atoms with Gasteiger partial charge in [0, 0.05) is 41.4 Å². The molecular weight excluding hydrogens is 355 g/mol. The molecule has 0 saturated carbocycles.